The molecule has 11 heteroatoms. The van der Waals surface area contributed by atoms with E-state index in [-0.39, 0.29) is 38.0 Å². The summed E-state index contributed by atoms with van der Waals surface area (Å²) in [6.07, 6.45) is 0.258. The Labute approximate surface area is 260 Å². The fourth-order valence-corrected chi connectivity index (χ4v) is 6.33. The lowest BCUT2D eigenvalue weighted by Crippen LogP contribution is -2.65. The predicted octanol–water partition coefficient (Wildman–Crippen LogP) is 7.05. The molecule has 2 aliphatic heterocycles. The third kappa shape index (κ3) is 6.36. The molecular weight excluding hydrogens is 601 g/mol. The molecule has 2 atom stereocenters. The number of piperazine rings is 1. The molecule has 1 N–H and O–H groups in total. The van der Waals surface area contributed by atoms with Crippen LogP contribution in [0.5, 0.6) is 0 Å². The Bertz CT molecular complexity index is 1420. The molecule has 1 aliphatic carbocycles. The van der Waals surface area contributed by atoms with Gasteiger partial charge in [0.15, 0.2) is 0 Å². The van der Waals surface area contributed by atoms with Crippen LogP contribution in [0, 0.1) is 0 Å². The lowest BCUT2D eigenvalue weighted by atomic mass is 9.81. The zero-order chi connectivity index (χ0) is 30.3. The van der Waals surface area contributed by atoms with Gasteiger partial charge in [0, 0.05) is 37.1 Å². The van der Waals surface area contributed by atoms with Gasteiger partial charge < -0.3 is 19.6 Å². The Morgan fingerprint density at radius 1 is 1.05 bits per heavy atom. The molecular formula is C31H34Cl3N3O5. The molecule has 5 rings (SSSR count). The van der Waals surface area contributed by atoms with Crippen molar-refractivity contribution in [1.29, 1.82) is 0 Å². The Morgan fingerprint density at radius 3 is 2.33 bits per heavy atom. The summed E-state index contributed by atoms with van der Waals surface area (Å²) in [5.41, 5.74) is 2.89. The number of hydrogen-bond acceptors (Lipinski definition) is 4. The number of carbonyl (C=O) groups excluding carboxylic acids is 2. The van der Waals surface area contributed by atoms with E-state index in [0.717, 1.165) is 29.5 Å². The average molecular weight is 635 g/mol. The summed E-state index contributed by atoms with van der Waals surface area (Å²) >= 11 is 18.9. The Morgan fingerprint density at radius 2 is 1.74 bits per heavy atom. The van der Waals surface area contributed by atoms with Crippen LogP contribution in [0.25, 0.3) is 5.57 Å². The van der Waals surface area contributed by atoms with Crippen molar-refractivity contribution in [3.63, 3.8) is 0 Å². The van der Waals surface area contributed by atoms with E-state index in [2.05, 4.69) is 0 Å². The van der Waals surface area contributed by atoms with Crippen molar-refractivity contribution >= 4 is 58.5 Å². The number of benzene rings is 2. The minimum Gasteiger partial charge on any atom is -0.465 e. The fraction of sp³-hybridized carbons (Fsp3) is 0.452. The fourth-order valence-electron chi connectivity index (χ4n) is 5.77. The highest BCUT2D eigenvalue weighted by molar-refractivity contribution is 6.42. The zero-order valence-electron chi connectivity index (χ0n) is 23.8. The van der Waals surface area contributed by atoms with Gasteiger partial charge in [0.1, 0.15) is 5.60 Å². The van der Waals surface area contributed by atoms with Crippen molar-refractivity contribution in [1.82, 2.24) is 14.7 Å². The Balaban J connectivity index is 1.61. The summed E-state index contributed by atoms with van der Waals surface area (Å²) in [6, 6.07) is 11.5. The summed E-state index contributed by atoms with van der Waals surface area (Å²) in [5.74, 6) is 0.0786. The van der Waals surface area contributed by atoms with E-state index in [1.807, 2.05) is 30.3 Å². The molecule has 42 heavy (non-hydrogen) atoms. The number of amides is 3. The number of carboxylic acid groups (broad SMARTS) is 1. The summed E-state index contributed by atoms with van der Waals surface area (Å²) in [4.78, 5) is 45.1. The third-order valence-electron chi connectivity index (χ3n) is 7.83. The van der Waals surface area contributed by atoms with Gasteiger partial charge >= 0.3 is 12.2 Å². The number of ether oxygens (including phenoxy) is 1. The number of rotatable bonds is 6. The summed E-state index contributed by atoms with van der Waals surface area (Å²) in [7, 11) is 0. The van der Waals surface area contributed by atoms with E-state index >= 15 is 0 Å². The second-order valence-corrected chi connectivity index (χ2v) is 13.1. The number of carbonyl (C=O) groups is 3. The van der Waals surface area contributed by atoms with Crippen molar-refractivity contribution in [2.75, 3.05) is 13.1 Å². The summed E-state index contributed by atoms with van der Waals surface area (Å²) < 4.78 is 5.64. The first-order valence-corrected chi connectivity index (χ1v) is 15.3. The molecule has 2 aromatic rings. The van der Waals surface area contributed by atoms with Gasteiger partial charge in [0.2, 0.25) is 0 Å². The first-order chi connectivity index (χ1) is 19.9. The van der Waals surface area contributed by atoms with Crippen LogP contribution in [-0.4, -0.2) is 74.7 Å². The van der Waals surface area contributed by atoms with Gasteiger partial charge in [0.05, 0.1) is 22.1 Å². The molecule has 3 amide bonds. The van der Waals surface area contributed by atoms with E-state index in [1.165, 1.54) is 9.80 Å². The molecule has 0 aromatic heterocycles. The number of fused-ring (bicyclic) bond motifs is 2. The monoisotopic (exact) mass is 633 g/mol. The van der Waals surface area contributed by atoms with Crippen LogP contribution >= 0.6 is 34.8 Å². The van der Waals surface area contributed by atoms with Gasteiger partial charge in [-0.2, -0.15) is 0 Å². The molecule has 2 bridgehead atoms. The van der Waals surface area contributed by atoms with Crippen LogP contribution in [0.3, 0.4) is 0 Å². The van der Waals surface area contributed by atoms with Crippen molar-refractivity contribution in [2.45, 2.75) is 76.2 Å². The highest BCUT2D eigenvalue weighted by atomic mass is 35.5. The van der Waals surface area contributed by atoms with Crippen LogP contribution in [0.1, 0.15) is 56.7 Å². The highest BCUT2D eigenvalue weighted by Gasteiger charge is 2.50. The maximum Gasteiger partial charge on any atom is 0.410 e. The Hall–Kier alpha value is -2.94. The van der Waals surface area contributed by atoms with Gasteiger partial charge in [-0.1, -0.05) is 59.6 Å². The maximum absolute atomic E-state index is 14.7. The molecule has 2 fully saturated rings. The van der Waals surface area contributed by atoms with Crippen molar-refractivity contribution in [3.05, 3.63) is 74.8 Å². The normalized spacial score (nSPS) is 20.4. The van der Waals surface area contributed by atoms with E-state index in [0.29, 0.717) is 27.1 Å². The number of hydrogen-bond donors (Lipinski definition) is 1. The maximum atomic E-state index is 14.7. The minimum atomic E-state index is -1.13. The second kappa shape index (κ2) is 12.0. The van der Waals surface area contributed by atoms with Crippen LogP contribution in [0.4, 0.5) is 9.59 Å². The molecule has 1 saturated carbocycles. The smallest absolute Gasteiger partial charge is 0.410 e. The van der Waals surface area contributed by atoms with E-state index < -0.39 is 29.9 Å². The van der Waals surface area contributed by atoms with Crippen LogP contribution in [0.2, 0.25) is 10.0 Å². The first kappa shape index (κ1) is 30.5. The third-order valence-corrected chi connectivity index (χ3v) is 9.00. The minimum absolute atomic E-state index is 0.00151. The first-order valence-electron chi connectivity index (χ1n) is 14.0. The lowest BCUT2D eigenvalue weighted by Gasteiger charge is -2.50. The molecule has 0 radical (unpaired) electrons. The molecule has 3 aliphatic rings. The van der Waals surface area contributed by atoms with E-state index in [4.69, 9.17) is 39.5 Å². The molecule has 2 aromatic carbocycles. The Kier molecular flexibility index (Phi) is 8.70. The highest BCUT2D eigenvalue weighted by Crippen LogP contribution is 2.42. The SMILES string of the molecule is CC(C)(C)OC(=O)N1CC2CC(c3ccc(CCl)cc3)=C(C(=O)N(Cc3cccc(Cl)c3Cl)C3CC3)C(C1)N2C(=O)O. The zero-order valence-corrected chi connectivity index (χ0v) is 26.0. The summed E-state index contributed by atoms with van der Waals surface area (Å²) in [6.45, 7) is 5.73. The molecule has 224 valence electrons. The van der Waals surface area contributed by atoms with Gasteiger partial charge in [0.25, 0.3) is 5.91 Å². The quantitative estimate of drug-likeness (QED) is 0.344. The van der Waals surface area contributed by atoms with Crippen LogP contribution in [-0.2, 0) is 22.0 Å². The predicted molar refractivity (Wildman–Crippen MR) is 163 cm³/mol. The number of halogens is 3. The van der Waals surface area contributed by atoms with Gasteiger partial charge in [-0.25, -0.2) is 9.59 Å². The standard InChI is InChI=1S/C31H34Cl3N3O5/c1-31(2,3)42-30(41)35-16-22-13-23(19-9-7-18(14-32)8-10-19)26(25(17-35)37(22)29(39)40)28(38)36(21-11-12-21)15-20-5-4-6-24(33)27(20)34/h4-10,21-22,25H,11-17H2,1-3H3,(H,39,40). The van der Waals surface area contributed by atoms with Gasteiger partial charge in [-0.05, 0) is 68.4 Å². The molecule has 1 saturated heterocycles. The van der Waals surface area contributed by atoms with Crippen molar-refractivity contribution in [3.8, 4) is 0 Å². The molecule has 2 unspecified atom stereocenters. The topological polar surface area (TPSA) is 90.4 Å². The van der Waals surface area contributed by atoms with Gasteiger partial charge in [-0.15, -0.1) is 11.6 Å². The van der Waals surface area contributed by atoms with E-state index in [1.54, 1.807) is 37.8 Å². The van der Waals surface area contributed by atoms with Crippen molar-refractivity contribution < 1.29 is 24.2 Å². The van der Waals surface area contributed by atoms with Crippen molar-refractivity contribution in [2.24, 2.45) is 0 Å². The second-order valence-electron chi connectivity index (χ2n) is 12.0. The number of nitrogens with zero attached hydrogens (tertiary/aromatic N) is 3. The molecule has 2 heterocycles. The lowest BCUT2D eigenvalue weighted by molar-refractivity contribution is -0.129. The molecule has 8 nitrogen and oxygen atoms in total. The number of alkyl halides is 1. The van der Waals surface area contributed by atoms with Crippen LogP contribution in [0.15, 0.2) is 48.0 Å². The average Bonchev–Trinajstić information content (AvgIpc) is 3.77. The van der Waals surface area contributed by atoms with Gasteiger partial charge in [-0.3, -0.25) is 9.69 Å². The summed E-state index contributed by atoms with van der Waals surface area (Å²) in [5, 5.41) is 11.1. The molecule has 0 spiro atoms. The van der Waals surface area contributed by atoms with E-state index in [9.17, 15) is 19.5 Å². The van der Waals surface area contributed by atoms with Crippen LogP contribution < -0.4 is 0 Å². The largest absolute Gasteiger partial charge is 0.465 e.